The van der Waals surface area contributed by atoms with Gasteiger partial charge in [-0.25, -0.2) is 0 Å². The predicted molar refractivity (Wildman–Crippen MR) is 151 cm³/mol. The summed E-state index contributed by atoms with van der Waals surface area (Å²) >= 11 is 0. The van der Waals surface area contributed by atoms with Crippen molar-refractivity contribution in [2.45, 2.75) is 56.7 Å². The van der Waals surface area contributed by atoms with Gasteiger partial charge in [-0.3, -0.25) is 29.5 Å². The van der Waals surface area contributed by atoms with E-state index in [1.807, 2.05) is 30.3 Å². The Hall–Kier alpha value is -4.52. The molecule has 0 aliphatic carbocycles. The molecule has 214 valence electrons. The van der Waals surface area contributed by atoms with E-state index in [9.17, 15) is 24.5 Å². The number of hydrogen-bond acceptors (Lipinski definition) is 7. The number of guanidine groups is 1. The quantitative estimate of drug-likeness (QED) is 0.0841. The van der Waals surface area contributed by atoms with Crippen molar-refractivity contribution in [1.82, 2.24) is 10.2 Å². The maximum absolute atomic E-state index is 13.5. The number of nitrogens with one attached hydrogen (secondary N) is 2. The molecule has 3 amide bonds. The van der Waals surface area contributed by atoms with E-state index in [1.54, 1.807) is 0 Å². The third kappa shape index (κ3) is 8.76. The van der Waals surface area contributed by atoms with E-state index in [0.717, 1.165) is 18.4 Å². The van der Waals surface area contributed by atoms with Crippen LogP contribution >= 0.6 is 0 Å². The van der Waals surface area contributed by atoms with Crippen LogP contribution in [0, 0.1) is 10.1 Å². The average molecular weight is 553 g/mol. The zero-order valence-electron chi connectivity index (χ0n) is 22.2. The van der Waals surface area contributed by atoms with Crippen LogP contribution < -0.4 is 27.8 Å². The first-order valence-electron chi connectivity index (χ1n) is 13.2. The van der Waals surface area contributed by atoms with E-state index in [-0.39, 0.29) is 30.5 Å². The van der Waals surface area contributed by atoms with Crippen molar-refractivity contribution in [3.63, 3.8) is 0 Å². The minimum atomic E-state index is -0.964. The molecule has 0 aromatic heterocycles. The van der Waals surface area contributed by atoms with Crippen LogP contribution in [0.25, 0.3) is 0 Å². The molecule has 1 aliphatic rings. The SMILES string of the molecule is NC(N)=NCCC[C@@H](NC(=O)C1CCCCN1C(=O)[C@H](N)Cc1ccccc1)C(=O)Nc1ccc([N+](=O)[O-])cc1. The van der Waals surface area contributed by atoms with Gasteiger partial charge in [0.1, 0.15) is 12.1 Å². The van der Waals surface area contributed by atoms with Gasteiger partial charge in [0.2, 0.25) is 17.7 Å². The number of anilines is 1. The van der Waals surface area contributed by atoms with E-state index in [2.05, 4.69) is 15.6 Å². The zero-order chi connectivity index (χ0) is 29.1. The number of nitro groups is 1. The molecule has 13 heteroatoms. The van der Waals surface area contributed by atoms with Gasteiger partial charge in [0.25, 0.3) is 5.69 Å². The molecule has 1 aliphatic heterocycles. The molecule has 1 heterocycles. The number of piperidine rings is 1. The number of carbonyl (C=O) groups excluding carboxylic acids is 3. The summed E-state index contributed by atoms with van der Waals surface area (Å²) < 4.78 is 0. The molecule has 0 radical (unpaired) electrons. The van der Waals surface area contributed by atoms with Crippen molar-refractivity contribution in [2.24, 2.45) is 22.2 Å². The fraction of sp³-hybridized carbons (Fsp3) is 0.407. The van der Waals surface area contributed by atoms with Gasteiger partial charge in [-0.2, -0.15) is 0 Å². The van der Waals surface area contributed by atoms with E-state index < -0.39 is 34.9 Å². The van der Waals surface area contributed by atoms with Crippen molar-refractivity contribution in [1.29, 1.82) is 0 Å². The van der Waals surface area contributed by atoms with E-state index in [0.29, 0.717) is 31.5 Å². The zero-order valence-corrected chi connectivity index (χ0v) is 22.2. The lowest BCUT2D eigenvalue weighted by atomic mass is 9.98. The van der Waals surface area contributed by atoms with E-state index in [4.69, 9.17) is 17.2 Å². The summed E-state index contributed by atoms with van der Waals surface area (Å²) in [4.78, 5) is 55.7. The van der Waals surface area contributed by atoms with Crippen LogP contribution in [0.15, 0.2) is 59.6 Å². The standard InChI is InChI=1S/C27H36N8O5/c28-21(17-18-7-2-1-3-8-18)26(38)34-16-5-4-10-23(34)25(37)33-22(9-6-15-31-27(29)30)24(36)32-19-11-13-20(14-12-19)35(39)40/h1-3,7-8,11-14,21-23H,4-6,9-10,15-17,28H2,(H,32,36)(H,33,37)(H4,29,30,31)/t21-,22-,23?/m1/s1. The number of benzene rings is 2. The highest BCUT2D eigenvalue weighted by Gasteiger charge is 2.36. The molecule has 3 atom stereocenters. The third-order valence-corrected chi connectivity index (χ3v) is 6.63. The van der Waals surface area contributed by atoms with Crippen LogP contribution in [-0.4, -0.2) is 64.7 Å². The summed E-state index contributed by atoms with van der Waals surface area (Å²) in [6.45, 7) is 0.644. The topological polar surface area (TPSA) is 212 Å². The summed E-state index contributed by atoms with van der Waals surface area (Å²) in [6.07, 6.45) is 2.90. The van der Waals surface area contributed by atoms with Gasteiger partial charge in [-0.1, -0.05) is 30.3 Å². The fourth-order valence-electron chi connectivity index (χ4n) is 4.57. The highest BCUT2D eigenvalue weighted by molar-refractivity contribution is 5.98. The lowest BCUT2D eigenvalue weighted by Gasteiger charge is -2.37. The number of amides is 3. The van der Waals surface area contributed by atoms with Crippen LogP contribution in [0.5, 0.6) is 0 Å². The first-order chi connectivity index (χ1) is 19.2. The normalized spacial score (nSPS) is 16.3. The Morgan fingerprint density at radius 1 is 1.07 bits per heavy atom. The molecule has 1 saturated heterocycles. The highest BCUT2D eigenvalue weighted by Crippen LogP contribution is 2.20. The van der Waals surface area contributed by atoms with Crippen molar-refractivity contribution in [3.8, 4) is 0 Å². The van der Waals surface area contributed by atoms with Gasteiger partial charge < -0.3 is 32.7 Å². The molecule has 0 bridgehead atoms. The lowest BCUT2D eigenvalue weighted by molar-refractivity contribution is -0.384. The Balaban J connectivity index is 1.71. The number of rotatable bonds is 12. The molecular weight excluding hydrogens is 516 g/mol. The molecule has 2 aromatic carbocycles. The number of hydrogen-bond donors (Lipinski definition) is 5. The van der Waals surface area contributed by atoms with Crippen LogP contribution in [0.2, 0.25) is 0 Å². The largest absolute Gasteiger partial charge is 0.370 e. The number of nitrogens with zero attached hydrogens (tertiary/aromatic N) is 3. The van der Waals surface area contributed by atoms with Crippen LogP contribution in [-0.2, 0) is 20.8 Å². The number of nitrogens with two attached hydrogens (primary N) is 3. The molecule has 3 rings (SSSR count). The van der Waals surface area contributed by atoms with E-state index >= 15 is 0 Å². The van der Waals surface area contributed by atoms with Gasteiger partial charge in [-0.05, 0) is 56.2 Å². The molecule has 1 fully saturated rings. The summed E-state index contributed by atoms with van der Waals surface area (Å²) in [7, 11) is 0. The van der Waals surface area contributed by atoms with Gasteiger partial charge >= 0.3 is 0 Å². The molecule has 40 heavy (non-hydrogen) atoms. The Kier molecular flexibility index (Phi) is 10.9. The fourth-order valence-corrected chi connectivity index (χ4v) is 4.57. The van der Waals surface area contributed by atoms with Gasteiger partial charge in [-0.15, -0.1) is 0 Å². The van der Waals surface area contributed by atoms with Gasteiger partial charge in [0.05, 0.1) is 11.0 Å². The maximum atomic E-state index is 13.5. The second-order valence-electron chi connectivity index (χ2n) is 9.64. The van der Waals surface area contributed by atoms with Gasteiger partial charge in [0, 0.05) is 30.9 Å². The Morgan fingerprint density at radius 3 is 2.42 bits per heavy atom. The molecular formula is C27H36N8O5. The summed E-state index contributed by atoms with van der Waals surface area (Å²) in [6, 6.07) is 12.2. The summed E-state index contributed by atoms with van der Waals surface area (Å²) in [5.41, 5.74) is 18.2. The number of nitro benzene ring substituents is 1. The Morgan fingerprint density at radius 2 is 1.77 bits per heavy atom. The molecule has 8 N–H and O–H groups in total. The monoisotopic (exact) mass is 552 g/mol. The second kappa shape index (κ2) is 14.6. The molecule has 2 aromatic rings. The minimum Gasteiger partial charge on any atom is -0.370 e. The molecule has 0 spiro atoms. The Labute approximate surface area is 232 Å². The number of carbonyl (C=O) groups is 3. The van der Waals surface area contributed by atoms with Crippen molar-refractivity contribution < 1.29 is 19.3 Å². The van der Waals surface area contributed by atoms with Crippen LogP contribution in [0.1, 0.15) is 37.7 Å². The summed E-state index contributed by atoms with van der Waals surface area (Å²) in [5.74, 6) is -1.37. The number of aliphatic imine (C=N–C) groups is 1. The first kappa shape index (κ1) is 30.0. The van der Waals surface area contributed by atoms with Crippen LogP contribution in [0.3, 0.4) is 0 Å². The van der Waals surface area contributed by atoms with Gasteiger partial charge in [0.15, 0.2) is 5.96 Å². The third-order valence-electron chi connectivity index (χ3n) is 6.63. The van der Waals surface area contributed by atoms with Crippen molar-refractivity contribution in [3.05, 3.63) is 70.3 Å². The van der Waals surface area contributed by atoms with Crippen molar-refractivity contribution in [2.75, 3.05) is 18.4 Å². The maximum Gasteiger partial charge on any atom is 0.269 e. The second-order valence-corrected chi connectivity index (χ2v) is 9.64. The number of non-ortho nitro benzene ring substituents is 1. The average Bonchev–Trinajstić information content (AvgIpc) is 2.94. The van der Waals surface area contributed by atoms with Crippen molar-refractivity contribution >= 4 is 35.1 Å². The molecule has 13 nitrogen and oxygen atoms in total. The predicted octanol–water partition coefficient (Wildman–Crippen LogP) is 1.02. The number of likely N-dealkylation sites (tertiary alicyclic amines) is 1. The van der Waals surface area contributed by atoms with E-state index in [1.165, 1.54) is 29.2 Å². The first-order valence-corrected chi connectivity index (χ1v) is 13.2. The Bertz CT molecular complexity index is 1200. The molecule has 1 unspecified atom stereocenters. The smallest absolute Gasteiger partial charge is 0.269 e. The molecule has 0 saturated carbocycles. The minimum absolute atomic E-state index is 0.0841. The highest BCUT2D eigenvalue weighted by atomic mass is 16.6. The summed E-state index contributed by atoms with van der Waals surface area (Å²) in [5, 5.41) is 16.4. The lowest BCUT2D eigenvalue weighted by Crippen LogP contribution is -2.58. The van der Waals surface area contributed by atoms with Crippen LogP contribution in [0.4, 0.5) is 11.4 Å².